The van der Waals surface area contributed by atoms with Crippen LogP contribution in [0.2, 0.25) is 5.02 Å². The van der Waals surface area contributed by atoms with Crippen molar-refractivity contribution >= 4 is 44.9 Å². The number of anilines is 2. The summed E-state index contributed by atoms with van der Waals surface area (Å²) in [6.07, 6.45) is 1.32. The first kappa shape index (κ1) is 31.3. The number of halogens is 3. The molecule has 1 fully saturated rings. The van der Waals surface area contributed by atoms with Crippen molar-refractivity contribution in [1.29, 1.82) is 0 Å². The molecule has 1 aromatic heterocycles. The van der Waals surface area contributed by atoms with Gasteiger partial charge in [0.15, 0.2) is 14.9 Å². The number of piperidine rings is 1. The van der Waals surface area contributed by atoms with Crippen molar-refractivity contribution in [3.05, 3.63) is 82.0 Å². The number of amides is 2. The Morgan fingerprint density at radius 2 is 1.74 bits per heavy atom. The van der Waals surface area contributed by atoms with Crippen LogP contribution in [0.5, 0.6) is 0 Å². The van der Waals surface area contributed by atoms with Gasteiger partial charge >= 0.3 is 6.09 Å². The molecule has 0 aliphatic carbocycles. The fraction of sp³-hybridized carbons (Fsp3) is 0.345. The highest BCUT2D eigenvalue weighted by molar-refractivity contribution is 7.91. The molecule has 0 saturated carbocycles. The zero-order chi connectivity index (χ0) is 30.8. The van der Waals surface area contributed by atoms with Gasteiger partial charge in [-0.2, -0.15) is 0 Å². The summed E-state index contributed by atoms with van der Waals surface area (Å²) >= 11 is 6.68. The maximum Gasteiger partial charge on any atom is 0.443 e. The number of aryl methyl sites for hydroxylation is 1. The van der Waals surface area contributed by atoms with E-state index in [1.54, 1.807) is 44.7 Å². The van der Waals surface area contributed by atoms with Crippen molar-refractivity contribution < 1.29 is 27.3 Å². The number of nitrogens with zero attached hydrogens (tertiary/aromatic N) is 3. The lowest BCUT2D eigenvalue weighted by molar-refractivity contribution is 0.0606. The van der Waals surface area contributed by atoms with E-state index in [4.69, 9.17) is 21.5 Å². The Morgan fingerprint density at radius 1 is 1.12 bits per heavy atom. The Hall–Kier alpha value is -3.61. The van der Waals surface area contributed by atoms with Gasteiger partial charge < -0.3 is 15.0 Å². The predicted octanol–water partition coefficient (Wildman–Crippen LogP) is 6.72. The average Bonchev–Trinajstić information content (AvgIpc) is 2.89. The molecule has 2 amide bonds. The van der Waals surface area contributed by atoms with Crippen molar-refractivity contribution in [3.63, 3.8) is 0 Å². The quantitative estimate of drug-likeness (QED) is 0.326. The lowest BCUT2D eigenvalue weighted by atomic mass is 9.89. The van der Waals surface area contributed by atoms with Crippen LogP contribution in [-0.4, -0.2) is 44.8 Å². The van der Waals surface area contributed by atoms with Gasteiger partial charge in [-0.15, -0.1) is 4.36 Å². The average molecular weight is 620 g/mol. The summed E-state index contributed by atoms with van der Waals surface area (Å²) in [4.78, 5) is 31.8. The van der Waals surface area contributed by atoms with Crippen molar-refractivity contribution in [3.8, 4) is 0 Å². The number of benzene rings is 2. The van der Waals surface area contributed by atoms with Crippen molar-refractivity contribution in [2.24, 2.45) is 9.50 Å². The Morgan fingerprint density at radius 3 is 2.33 bits per heavy atom. The number of carbonyl (C=O) groups excluding carboxylic acids is 2. The molecule has 0 radical (unpaired) electrons. The second kappa shape index (κ2) is 12.3. The minimum atomic E-state index is -4.00. The number of aromatic nitrogens is 1. The van der Waals surface area contributed by atoms with Gasteiger partial charge in [0.05, 0.1) is 11.3 Å². The van der Waals surface area contributed by atoms with Gasteiger partial charge in [-0.3, -0.25) is 4.79 Å². The topological polar surface area (TPSA) is 127 Å². The number of hydrogen-bond donors (Lipinski definition) is 2. The molecular formula is C29H32ClF2N5O4S. The van der Waals surface area contributed by atoms with Gasteiger partial charge in [0.2, 0.25) is 0 Å². The normalized spacial score (nSPS) is 15.6. The minimum Gasteiger partial charge on any atom is -0.442 e. The molecule has 0 bridgehead atoms. The van der Waals surface area contributed by atoms with E-state index in [9.17, 15) is 22.6 Å². The van der Waals surface area contributed by atoms with E-state index in [0.29, 0.717) is 37.2 Å². The molecule has 1 aliphatic rings. The van der Waals surface area contributed by atoms with Crippen LogP contribution in [0, 0.1) is 18.6 Å². The first-order valence-electron chi connectivity index (χ1n) is 13.2. The van der Waals surface area contributed by atoms with Crippen LogP contribution < -0.4 is 10.5 Å². The number of ether oxygens (including phenoxy) is 1. The number of carbonyl (C=O) groups is 2. The zero-order valence-electron chi connectivity index (χ0n) is 23.6. The summed E-state index contributed by atoms with van der Waals surface area (Å²) < 4.78 is 49.1. The predicted molar refractivity (Wildman–Crippen MR) is 157 cm³/mol. The summed E-state index contributed by atoms with van der Waals surface area (Å²) in [5, 5.41) is 8.26. The van der Waals surface area contributed by atoms with Gasteiger partial charge in [-0.05, 0) is 87.9 Å². The second-order valence-corrected chi connectivity index (χ2v) is 13.1. The fourth-order valence-electron chi connectivity index (χ4n) is 4.62. The second-order valence-electron chi connectivity index (χ2n) is 11.0. The molecule has 3 aromatic rings. The number of hydrogen-bond acceptors (Lipinski definition) is 6. The molecule has 224 valence electrons. The van der Waals surface area contributed by atoms with Gasteiger partial charge in [0.25, 0.3) is 5.91 Å². The molecule has 1 aliphatic heterocycles. The lowest BCUT2D eigenvalue weighted by Crippen LogP contribution is -2.38. The smallest absolute Gasteiger partial charge is 0.442 e. The molecule has 9 nitrogen and oxygen atoms in total. The number of nitrogens with two attached hydrogens (primary N) is 1. The highest BCUT2D eigenvalue weighted by Crippen LogP contribution is 2.36. The lowest BCUT2D eigenvalue weighted by Gasteiger charge is -2.33. The van der Waals surface area contributed by atoms with E-state index in [2.05, 4.69) is 14.7 Å². The number of nitrogens with one attached hydrogen (secondary N) is 1. The molecule has 0 spiro atoms. The Labute approximate surface area is 248 Å². The van der Waals surface area contributed by atoms with Crippen LogP contribution >= 0.6 is 11.6 Å². The van der Waals surface area contributed by atoms with E-state index in [1.807, 2.05) is 0 Å². The molecule has 1 saturated heterocycles. The molecule has 3 N–H and O–H groups in total. The molecule has 42 heavy (non-hydrogen) atoms. The number of likely N-dealkylation sites (tertiary alicyclic amines) is 1. The molecular weight excluding hydrogens is 588 g/mol. The third-order valence-corrected chi connectivity index (χ3v) is 8.43. The molecule has 2 heterocycles. The standard InChI is InChI=1S/C29H32ClF2N5O4S/c1-17-15-21(32)9-10-23(17)35-25-22(16-34-26(24(25)30)42(33,40)36-28(39)41-29(2,3)4)27(38)37-13-11-19(12-14-37)18-5-7-20(31)8-6-18/h5-10,15-16,19H,11-14H2,1-4H3,(H,34,35)(H2,33,36,39,40). The summed E-state index contributed by atoms with van der Waals surface area (Å²) in [6, 6.07) is 10.3. The van der Waals surface area contributed by atoms with Crippen molar-refractivity contribution in [1.82, 2.24) is 9.88 Å². The monoisotopic (exact) mass is 619 g/mol. The summed E-state index contributed by atoms with van der Waals surface area (Å²) in [6.45, 7) is 7.32. The van der Waals surface area contributed by atoms with Crippen molar-refractivity contribution in [2.45, 2.75) is 57.1 Å². The van der Waals surface area contributed by atoms with Gasteiger partial charge in [0, 0.05) is 25.0 Å². The zero-order valence-corrected chi connectivity index (χ0v) is 25.2. The van der Waals surface area contributed by atoms with Crippen LogP contribution in [0.25, 0.3) is 0 Å². The maximum atomic E-state index is 13.8. The fourth-order valence-corrected chi connectivity index (χ4v) is 6.05. The largest absolute Gasteiger partial charge is 0.443 e. The van der Waals surface area contributed by atoms with Crippen LogP contribution in [0.3, 0.4) is 0 Å². The summed E-state index contributed by atoms with van der Waals surface area (Å²) in [5.74, 6) is -1.00. The van der Waals surface area contributed by atoms with E-state index < -0.39 is 38.4 Å². The molecule has 2 aromatic carbocycles. The molecule has 1 atom stereocenters. The van der Waals surface area contributed by atoms with Gasteiger partial charge in [-0.25, -0.2) is 27.9 Å². The first-order valence-corrected chi connectivity index (χ1v) is 15.1. The molecule has 1 unspecified atom stereocenters. The first-order chi connectivity index (χ1) is 19.6. The number of pyridine rings is 1. The van der Waals surface area contributed by atoms with Crippen LogP contribution in [-0.2, 0) is 14.7 Å². The SMILES string of the molecule is Cc1cc(F)ccc1Nc1c(C(=O)N2CCC(c3ccc(F)cc3)CC2)cnc(S(N)(=O)=NC(=O)OC(C)(C)C)c1Cl. The highest BCUT2D eigenvalue weighted by Gasteiger charge is 2.30. The van der Waals surface area contributed by atoms with E-state index in [-0.39, 0.29) is 28.0 Å². The summed E-state index contributed by atoms with van der Waals surface area (Å²) in [5.41, 5.74) is 1.10. The molecule has 13 heteroatoms. The minimum absolute atomic E-state index is 0.0274. The van der Waals surface area contributed by atoms with Crippen LogP contribution in [0.1, 0.15) is 61.0 Å². The third kappa shape index (κ3) is 7.42. The van der Waals surface area contributed by atoms with Crippen LogP contribution in [0.4, 0.5) is 25.0 Å². The van der Waals surface area contributed by atoms with E-state index in [1.165, 1.54) is 36.5 Å². The number of rotatable bonds is 5. The summed E-state index contributed by atoms with van der Waals surface area (Å²) in [7, 11) is -4.00. The van der Waals surface area contributed by atoms with E-state index in [0.717, 1.165) is 5.56 Å². The highest BCUT2D eigenvalue weighted by atomic mass is 35.5. The van der Waals surface area contributed by atoms with Gasteiger partial charge in [-0.1, -0.05) is 23.7 Å². The van der Waals surface area contributed by atoms with Crippen molar-refractivity contribution in [2.75, 3.05) is 18.4 Å². The van der Waals surface area contributed by atoms with E-state index >= 15 is 0 Å². The Balaban J connectivity index is 1.69. The third-order valence-electron chi connectivity index (χ3n) is 6.67. The Kier molecular flexibility index (Phi) is 9.19. The maximum absolute atomic E-state index is 13.8. The molecule has 4 rings (SSSR count). The van der Waals surface area contributed by atoms with Gasteiger partial charge in [0.1, 0.15) is 22.3 Å². The van der Waals surface area contributed by atoms with Crippen LogP contribution in [0.15, 0.2) is 58.1 Å². The Bertz CT molecular complexity index is 1630.